The van der Waals surface area contributed by atoms with Gasteiger partial charge in [-0.15, -0.1) is 0 Å². The van der Waals surface area contributed by atoms with Crippen LogP contribution >= 0.6 is 0 Å². The quantitative estimate of drug-likeness (QED) is 0.872. The molecule has 1 aromatic rings. The second-order valence-electron chi connectivity index (χ2n) is 6.06. The molecule has 0 saturated carbocycles. The maximum atomic E-state index is 11.2. The second-order valence-corrected chi connectivity index (χ2v) is 8.32. The van der Waals surface area contributed by atoms with Crippen molar-refractivity contribution in [2.45, 2.75) is 44.7 Å². The normalized spacial score (nSPS) is 19.9. The van der Waals surface area contributed by atoms with Crippen LogP contribution in [0.4, 0.5) is 0 Å². The van der Waals surface area contributed by atoms with E-state index in [1.807, 2.05) is 6.07 Å². The number of rotatable bonds is 6. The van der Waals surface area contributed by atoms with Crippen LogP contribution in [0, 0.1) is 0 Å². The number of aryl methyl sites for hydroxylation is 1. The van der Waals surface area contributed by atoms with E-state index in [4.69, 9.17) is 4.74 Å². The summed E-state index contributed by atoms with van der Waals surface area (Å²) in [6, 6.07) is 6.92. The van der Waals surface area contributed by atoms with Gasteiger partial charge in [0.1, 0.15) is 15.6 Å². The van der Waals surface area contributed by atoms with Gasteiger partial charge in [-0.2, -0.15) is 0 Å². The van der Waals surface area contributed by atoms with E-state index < -0.39 is 9.84 Å². The lowest BCUT2D eigenvalue weighted by Gasteiger charge is -2.28. The van der Waals surface area contributed by atoms with Gasteiger partial charge < -0.3 is 10.1 Å². The lowest BCUT2D eigenvalue weighted by atomic mass is 9.87. The molecule has 0 radical (unpaired) electrons. The van der Waals surface area contributed by atoms with Crippen molar-refractivity contribution in [1.82, 2.24) is 5.32 Å². The van der Waals surface area contributed by atoms with E-state index in [1.54, 1.807) is 7.11 Å². The summed E-state index contributed by atoms with van der Waals surface area (Å²) in [6.07, 6.45) is 5.11. The first kappa shape index (κ1) is 16.3. The van der Waals surface area contributed by atoms with Crippen molar-refractivity contribution in [3.8, 4) is 5.75 Å². The van der Waals surface area contributed by atoms with Crippen molar-refractivity contribution in [3.63, 3.8) is 0 Å². The molecule has 1 aliphatic rings. The standard InChI is InChI=1S/C16H25NO3S/c1-12(8-9-21(3,18)19)17-15-6-4-13-5-7-16(20-2)11-14(13)10-15/h5,7,11-12,15,17H,4,6,8-10H2,1-3H3. The number of ether oxygens (including phenoxy) is 1. The van der Waals surface area contributed by atoms with Crippen molar-refractivity contribution in [1.29, 1.82) is 0 Å². The van der Waals surface area contributed by atoms with E-state index in [-0.39, 0.29) is 11.8 Å². The van der Waals surface area contributed by atoms with Crippen LogP contribution in [-0.2, 0) is 22.7 Å². The van der Waals surface area contributed by atoms with Crippen LogP contribution in [0.1, 0.15) is 30.9 Å². The zero-order valence-electron chi connectivity index (χ0n) is 13.1. The predicted molar refractivity (Wildman–Crippen MR) is 85.7 cm³/mol. The molecule has 2 unspecified atom stereocenters. The molecule has 0 heterocycles. The highest BCUT2D eigenvalue weighted by Gasteiger charge is 2.20. The lowest BCUT2D eigenvalue weighted by Crippen LogP contribution is -2.40. The third-order valence-electron chi connectivity index (χ3n) is 4.08. The monoisotopic (exact) mass is 311 g/mol. The molecule has 0 aliphatic heterocycles. The van der Waals surface area contributed by atoms with E-state index >= 15 is 0 Å². The van der Waals surface area contributed by atoms with Gasteiger partial charge in [-0.25, -0.2) is 8.42 Å². The Morgan fingerprint density at radius 2 is 2.14 bits per heavy atom. The summed E-state index contributed by atoms with van der Waals surface area (Å²) in [5, 5.41) is 3.56. The van der Waals surface area contributed by atoms with Crippen LogP contribution in [0.15, 0.2) is 18.2 Å². The molecule has 118 valence electrons. The zero-order valence-corrected chi connectivity index (χ0v) is 13.9. The molecule has 2 rings (SSSR count). The highest BCUT2D eigenvalue weighted by Crippen LogP contribution is 2.25. The van der Waals surface area contributed by atoms with E-state index in [9.17, 15) is 8.42 Å². The number of hydrogen-bond donors (Lipinski definition) is 1. The molecule has 1 aromatic carbocycles. The Hall–Kier alpha value is -1.07. The minimum absolute atomic E-state index is 0.219. The fourth-order valence-electron chi connectivity index (χ4n) is 2.88. The minimum Gasteiger partial charge on any atom is -0.497 e. The molecule has 0 aromatic heterocycles. The smallest absolute Gasteiger partial charge is 0.147 e. The molecule has 1 N–H and O–H groups in total. The average Bonchev–Trinajstić information content (AvgIpc) is 2.43. The summed E-state index contributed by atoms with van der Waals surface area (Å²) in [5.74, 6) is 1.15. The van der Waals surface area contributed by atoms with E-state index in [2.05, 4.69) is 24.4 Å². The summed E-state index contributed by atoms with van der Waals surface area (Å²) < 4.78 is 27.7. The molecule has 2 atom stereocenters. The third kappa shape index (κ3) is 5.00. The summed E-state index contributed by atoms with van der Waals surface area (Å²) in [4.78, 5) is 0. The molecule has 1 aliphatic carbocycles. The number of sulfone groups is 1. The fourth-order valence-corrected chi connectivity index (χ4v) is 3.66. The Bertz CT molecular complexity index is 583. The molecule has 4 nitrogen and oxygen atoms in total. The predicted octanol–water partition coefficient (Wildman–Crippen LogP) is 1.97. The number of benzene rings is 1. The van der Waals surface area contributed by atoms with Crippen LogP contribution in [0.5, 0.6) is 5.75 Å². The first-order valence-electron chi connectivity index (χ1n) is 7.47. The third-order valence-corrected chi connectivity index (χ3v) is 5.06. The number of fused-ring (bicyclic) bond motifs is 1. The molecule has 0 spiro atoms. The summed E-state index contributed by atoms with van der Waals surface area (Å²) in [5.41, 5.74) is 2.74. The SMILES string of the molecule is COc1ccc2c(c1)CC(NC(C)CCS(C)(=O)=O)CC2. The first-order valence-corrected chi connectivity index (χ1v) is 9.53. The maximum absolute atomic E-state index is 11.2. The fraction of sp³-hybridized carbons (Fsp3) is 0.625. The van der Waals surface area contributed by atoms with Crippen molar-refractivity contribution < 1.29 is 13.2 Å². The van der Waals surface area contributed by atoms with E-state index in [1.165, 1.54) is 17.4 Å². The summed E-state index contributed by atoms with van der Waals surface area (Å²) in [7, 11) is -1.19. The van der Waals surface area contributed by atoms with Gasteiger partial charge >= 0.3 is 0 Å². The van der Waals surface area contributed by atoms with Gasteiger partial charge in [-0.1, -0.05) is 6.07 Å². The van der Waals surface area contributed by atoms with Crippen molar-refractivity contribution in [2.75, 3.05) is 19.1 Å². The van der Waals surface area contributed by atoms with Crippen LogP contribution in [0.3, 0.4) is 0 Å². The Morgan fingerprint density at radius 1 is 1.38 bits per heavy atom. The summed E-state index contributed by atoms with van der Waals surface area (Å²) in [6.45, 7) is 2.06. The van der Waals surface area contributed by atoms with Crippen molar-refractivity contribution >= 4 is 9.84 Å². The molecular formula is C16H25NO3S. The van der Waals surface area contributed by atoms with Gasteiger partial charge in [0.15, 0.2) is 0 Å². The zero-order chi connectivity index (χ0) is 15.5. The Morgan fingerprint density at radius 3 is 2.81 bits per heavy atom. The molecule has 0 amide bonds. The van der Waals surface area contributed by atoms with Crippen LogP contribution < -0.4 is 10.1 Å². The second kappa shape index (κ2) is 6.79. The van der Waals surface area contributed by atoms with Crippen LogP contribution in [-0.4, -0.2) is 39.6 Å². The Labute approximate surface area is 127 Å². The van der Waals surface area contributed by atoms with Crippen molar-refractivity contribution in [2.24, 2.45) is 0 Å². The molecule has 5 heteroatoms. The van der Waals surface area contributed by atoms with Gasteiger partial charge in [0.25, 0.3) is 0 Å². The molecule has 0 saturated heterocycles. The lowest BCUT2D eigenvalue weighted by molar-refractivity contribution is 0.395. The van der Waals surface area contributed by atoms with Gasteiger partial charge in [0, 0.05) is 18.3 Å². The highest BCUT2D eigenvalue weighted by molar-refractivity contribution is 7.90. The molecule has 21 heavy (non-hydrogen) atoms. The molecule has 0 bridgehead atoms. The van der Waals surface area contributed by atoms with Crippen LogP contribution in [0.25, 0.3) is 0 Å². The Kier molecular flexibility index (Phi) is 5.27. The minimum atomic E-state index is -2.87. The average molecular weight is 311 g/mol. The maximum Gasteiger partial charge on any atom is 0.147 e. The largest absolute Gasteiger partial charge is 0.497 e. The Balaban J connectivity index is 1.91. The van der Waals surface area contributed by atoms with Gasteiger partial charge in [0.2, 0.25) is 0 Å². The van der Waals surface area contributed by atoms with Gasteiger partial charge in [-0.05, 0) is 55.9 Å². The summed E-state index contributed by atoms with van der Waals surface area (Å²) >= 11 is 0. The van der Waals surface area contributed by atoms with Crippen LogP contribution in [0.2, 0.25) is 0 Å². The van der Waals surface area contributed by atoms with Gasteiger partial charge in [0.05, 0.1) is 12.9 Å². The van der Waals surface area contributed by atoms with Gasteiger partial charge in [-0.3, -0.25) is 0 Å². The molecular weight excluding hydrogens is 286 g/mol. The topological polar surface area (TPSA) is 55.4 Å². The highest BCUT2D eigenvalue weighted by atomic mass is 32.2. The number of methoxy groups -OCH3 is 1. The molecule has 0 fully saturated rings. The first-order chi connectivity index (χ1) is 9.87. The number of hydrogen-bond acceptors (Lipinski definition) is 4. The number of nitrogens with one attached hydrogen (secondary N) is 1. The van der Waals surface area contributed by atoms with E-state index in [0.29, 0.717) is 12.5 Å². The van der Waals surface area contributed by atoms with E-state index in [0.717, 1.165) is 25.0 Å². The van der Waals surface area contributed by atoms with Crippen molar-refractivity contribution in [3.05, 3.63) is 29.3 Å².